The van der Waals surface area contributed by atoms with Gasteiger partial charge < -0.3 is 15.3 Å². The van der Waals surface area contributed by atoms with Gasteiger partial charge in [-0.05, 0) is 30.5 Å². The van der Waals surface area contributed by atoms with E-state index >= 15 is 0 Å². The average molecular weight is 275 g/mol. The first kappa shape index (κ1) is 13.9. The molecule has 1 aromatic rings. The lowest BCUT2D eigenvalue weighted by Gasteiger charge is -2.34. The second kappa shape index (κ2) is 6.57. The van der Waals surface area contributed by atoms with Gasteiger partial charge in [-0.3, -0.25) is 4.90 Å². The molecular formula is C16H25N3O. The molecule has 0 unspecified atom stereocenters. The van der Waals surface area contributed by atoms with Crippen LogP contribution in [0, 0.1) is 0 Å². The van der Waals surface area contributed by atoms with Crippen molar-refractivity contribution in [1.29, 1.82) is 0 Å². The van der Waals surface area contributed by atoms with E-state index in [1.54, 1.807) is 0 Å². The molecule has 4 heteroatoms. The minimum atomic E-state index is 0.143. The molecule has 4 nitrogen and oxygen atoms in total. The van der Waals surface area contributed by atoms with E-state index in [4.69, 9.17) is 0 Å². The number of aliphatic hydroxyl groups is 1. The van der Waals surface area contributed by atoms with Crippen LogP contribution in [0.5, 0.6) is 0 Å². The van der Waals surface area contributed by atoms with E-state index in [1.165, 1.54) is 37.2 Å². The number of hydrogen-bond acceptors (Lipinski definition) is 4. The van der Waals surface area contributed by atoms with Gasteiger partial charge in [-0.15, -0.1) is 0 Å². The molecule has 2 N–H and O–H groups in total. The van der Waals surface area contributed by atoms with Crippen molar-refractivity contribution in [3.63, 3.8) is 0 Å². The standard InChI is InChI=1S/C16H25N3O/c20-13-16(19-11-7-17-8-12-19)14-3-5-15(6-4-14)18-9-1-2-10-18/h3-6,16-17,20H,1-2,7-13H2/t16-/m0/s1. The molecule has 1 aromatic carbocycles. The minimum Gasteiger partial charge on any atom is -0.394 e. The molecule has 2 aliphatic heterocycles. The molecule has 2 heterocycles. The number of nitrogens with zero attached hydrogens (tertiary/aromatic N) is 2. The van der Waals surface area contributed by atoms with Crippen LogP contribution in [0.3, 0.4) is 0 Å². The largest absolute Gasteiger partial charge is 0.394 e. The van der Waals surface area contributed by atoms with E-state index in [9.17, 15) is 5.11 Å². The Bertz CT molecular complexity index is 408. The molecule has 110 valence electrons. The van der Waals surface area contributed by atoms with Gasteiger partial charge in [0.25, 0.3) is 0 Å². The van der Waals surface area contributed by atoms with Crippen LogP contribution < -0.4 is 10.2 Å². The summed E-state index contributed by atoms with van der Waals surface area (Å²) in [4.78, 5) is 4.82. The van der Waals surface area contributed by atoms with Crippen LogP contribution in [0.2, 0.25) is 0 Å². The second-order valence-corrected chi connectivity index (χ2v) is 5.77. The van der Waals surface area contributed by atoms with Gasteiger partial charge in [-0.1, -0.05) is 12.1 Å². The van der Waals surface area contributed by atoms with Gasteiger partial charge in [-0.25, -0.2) is 0 Å². The average Bonchev–Trinajstić information content (AvgIpc) is 3.04. The number of piperazine rings is 1. The summed E-state index contributed by atoms with van der Waals surface area (Å²) < 4.78 is 0. The summed E-state index contributed by atoms with van der Waals surface area (Å²) in [6.45, 7) is 6.62. The predicted octanol–water partition coefficient (Wildman–Crippen LogP) is 1.23. The van der Waals surface area contributed by atoms with Crippen LogP contribution in [-0.2, 0) is 0 Å². The van der Waals surface area contributed by atoms with E-state index in [-0.39, 0.29) is 12.6 Å². The Labute approximate surface area is 121 Å². The molecule has 0 spiro atoms. The van der Waals surface area contributed by atoms with Gasteiger partial charge in [0.2, 0.25) is 0 Å². The maximum atomic E-state index is 9.74. The zero-order chi connectivity index (χ0) is 13.8. The highest BCUT2D eigenvalue weighted by atomic mass is 16.3. The highest BCUT2D eigenvalue weighted by molar-refractivity contribution is 5.48. The van der Waals surface area contributed by atoms with Crippen molar-refractivity contribution in [3.05, 3.63) is 29.8 Å². The van der Waals surface area contributed by atoms with Crippen LogP contribution in [-0.4, -0.2) is 55.9 Å². The summed E-state index contributed by atoms with van der Waals surface area (Å²) in [5.74, 6) is 0. The summed E-state index contributed by atoms with van der Waals surface area (Å²) in [6.07, 6.45) is 2.61. The maximum Gasteiger partial charge on any atom is 0.0628 e. The van der Waals surface area contributed by atoms with Crippen molar-refractivity contribution in [2.75, 3.05) is 50.8 Å². The van der Waals surface area contributed by atoms with Crippen molar-refractivity contribution >= 4 is 5.69 Å². The Kier molecular flexibility index (Phi) is 4.55. The highest BCUT2D eigenvalue weighted by Crippen LogP contribution is 2.25. The molecule has 0 bridgehead atoms. The lowest BCUT2D eigenvalue weighted by atomic mass is 10.0. The summed E-state index contributed by atoms with van der Waals surface area (Å²) in [7, 11) is 0. The highest BCUT2D eigenvalue weighted by Gasteiger charge is 2.21. The van der Waals surface area contributed by atoms with Crippen molar-refractivity contribution in [2.24, 2.45) is 0 Å². The Morgan fingerprint density at radius 1 is 1.00 bits per heavy atom. The summed E-state index contributed by atoms with van der Waals surface area (Å²) in [6, 6.07) is 8.95. The Balaban J connectivity index is 1.71. The number of rotatable bonds is 4. The summed E-state index contributed by atoms with van der Waals surface area (Å²) >= 11 is 0. The fourth-order valence-electron chi connectivity index (χ4n) is 3.31. The van der Waals surface area contributed by atoms with Crippen LogP contribution >= 0.6 is 0 Å². The lowest BCUT2D eigenvalue weighted by molar-refractivity contribution is 0.111. The van der Waals surface area contributed by atoms with Crippen LogP contribution in [0.1, 0.15) is 24.4 Å². The quantitative estimate of drug-likeness (QED) is 0.867. The lowest BCUT2D eigenvalue weighted by Crippen LogP contribution is -2.46. The molecule has 0 amide bonds. The van der Waals surface area contributed by atoms with E-state index in [0.717, 1.165) is 26.2 Å². The maximum absolute atomic E-state index is 9.74. The first-order chi connectivity index (χ1) is 9.88. The van der Waals surface area contributed by atoms with E-state index in [1.807, 2.05) is 0 Å². The zero-order valence-electron chi connectivity index (χ0n) is 12.1. The van der Waals surface area contributed by atoms with Crippen molar-refractivity contribution in [2.45, 2.75) is 18.9 Å². The zero-order valence-corrected chi connectivity index (χ0v) is 12.1. The molecule has 0 saturated carbocycles. The van der Waals surface area contributed by atoms with E-state index in [0.29, 0.717) is 0 Å². The first-order valence-corrected chi connectivity index (χ1v) is 7.79. The fourth-order valence-corrected chi connectivity index (χ4v) is 3.31. The minimum absolute atomic E-state index is 0.143. The monoisotopic (exact) mass is 275 g/mol. The molecule has 2 aliphatic rings. The molecule has 20 heavy (non-hydrogen) atoms. The van der Waals surface area contributed by atoms with Crippen molar-refractivity contribution in [1.82, 2.24) is 10.2 Å². The molecule has 0 aliphatic carbocycles. The molecule has 3 rings (SSSR count). The van der Waals surface area contributed by atoms with Crippen molar-refractivity contribution < 1.29 is 5.11 Å². The third kappa shape index (κ3) is 2.97. The van der Waals surface area contributed by atoms with Gasteiger partial charge >= 0.3 is 0 Å². The van der Waals surface area contributed by atoms with Crippen LogP contribution in [0.25, 0.3) is 0 Å². The second-order valence-electron chi connectivity index (χ2n) is 5.77. The van der Waals surface area contributed by atoms with Crippen molar-refractivity contribution in [3.8, 4) is 0 Å². The number of aliphatic hydroxyl groups excluding tert-OH is 1. The van der Waals surface area contributed by atoms with Gasteiger partial charge in [0.15, 0.2) is 0 Å². The predicted molar refractivity (Wildman–Crippen MR) is 82.2 cm³/mol. The number of benzene rings is 1. The molecule has 1 atom stereocenters. The van der Waals surface area contributed by atoms with Gasteiger partial charge in [0.1, 0.15) is 0 Å². The normalized spacial score (nSPS) is 22.1. The third-order valence-electron chi connectivity index (χ3n) is 4.51. The fraction of sp³-hybridized carbons (Fsp3) is 0.625. The molecule has 2 fully saturated rings. The molecular weight excluding hydrogens is 250 g/mol. The van der Waals surface area contributed by atoms with Gasteiger partial charge in [0, 0.05) is 45.0 Å². The Morgan fingerprint density at radius 2 is 1.65 bits per heavy atom. The SMILES string of the molecule is OC[C@@H](c1ccc(N2CCCC2)cc1)N1CCNCC1. The van der Waals surface area contributed by atoms with Gasteiger partial charge in [0.05, 0.1) is 12.6 Å². The van der Waals surface area contributed by atoms with Gasteiger partial charge in [-0.2, -0.15) is 0 Å². The summed E-state index contributed by atoms with van der Waals surface area (Å²) in [5.41, 5.74) is 2.56. The molecule has 2 saturated heterocycles. The Hall–Kier alpha value is -1.10. The third-order valence-corrected chi connectivity index (χ3v) is 4.51. The first-order valence-electron chi connectivity index (χ1n) is 7.79. The molecule has 0 aromatic heterocycles. The Morgan fingerprint density at radius 3 is 2.25 bits per heavy atom. The van der Waals surface area contributed by atoms with Crippen LogP contribution in [0.4, 0.5) is 5.69 Å². The number of anilines is 1. The van der Waals surface area contributed by atoms with Crippen LogP contribution in [0.15, 0.2) is 24.3 Å². The smallest absolute Gasteiger partial charge is 0.0628 e. The number of hydrogen-bond donors (Lipinski definition) is 2. The summed E-state index contributed by atoms with van der Waals surface area (Å²) in [5, 5.41) is 13.1. The topological polar surface area (TPSA) is 38.7 Å². The van der Waals surface area contributed by atoms with E-state index in [2.05, 4.69) is 39.4 Å². The molecule has 0 radical (unpaired) electrons. The van der Waals surface area contributed by atoms with E-state index < -0.39 is 0 Å². The number of nitrogens with one attached hydrogen (secondary N) is 1.